The topological polar surface area (TPSA) is 75.6 Å². The monoisotopic (exact) mass is 343 g/mol. The summed E-state index contributed by atoms with van der Waals surface area (Å²) in [6.07, 6.45) is 8.77. The second-order valence-corrected chi connectivity index (χ2v) is 5.76. The van der Waals surface area contributed by atoms with Crippen molar-refractivity contribution >= 4 is 5.91 Å². The molecular formula is C20H17N5O. The van der Waals surface area contributed by atoms with Crippen molar-refractivity contribution in [2.24, 2.45) is 0 Å². The van der Waals surface area contributed by atoms with Crippen LogP contribution in [0, 0.1) is 0 Å². The molecule has 4 rings (SSSR count). The third-order valence-electron chi connectivity index (χ3n) is 4.14. The molecule has 128 valence electrons. The van der Waals surface area contributed by atoms with Crippen molar-refractivity contribution in [1.82, 2.24) is 24.8 Å². The second-order valence-electron chi connectivity index (χ2n) is 5.76. The standard InChI is InChI=1S/C20H17N5O/c26-20(17-7-3-2-6-16(17)19-22-9-10-23-19)24-13-15-5-1-4-8-18(15)25-12-11-21-14-25/h1-12,14H,13H2,(H,22,23)(H,24,26). The number of benzene rings is 2. The van der Waals surface area contributed by atoms with E-state index in [1.165, 1.54) is 0 Å². The summed E-state index contributed by atoms with van der Waals surface area (Å²) in [5.41, 5.74) is 3.36. The number of H-pyrrole nitrogens is 1. The van der Waals surface area contributed by atoms with E-state index < -0.39 is 0 Å². The highest BCUT2D eigenvalue weighted by molar-refractivity contribution is 6.00. The number of aromatic amines is 1. The Morgan fingerprint density at radius 2 is 1.92 bits per heavy atom. The van der Waals surface area contributed by atoms with Crippen LogP contribution in [0.2, 0.25) is 0 Å². The number of amides is 1. The van der Waals surface area contributed by atoms with Gasteiger partial charge in [0.2, 0.25) is 0 Å². The Morgan fingerprint density at radius 3 is 2.73 bits per heavy atom. The minimum atomic E-state index is -0.141. The summed E-state index contributed by atoms with van der Waals surface area (Å²) in [6, 6.07) is 15.3. The number of nitrogens with one attached hydrogen (secondary N) is 2. The molecule has 26 heavy (non-hydrogen) atoms. The van der Waals surface area contributed by atoms with Crippen LogP contribution in [0.15, 0.2) is 79.6 Å². The van der Waals surface area contributed by atoms with Crippen molar-refractivity contribution in [3.05, 3.63) is 90.8 Å². The lowest BCUT2D eigenvalue weighted by Crippen LogP contribution is -2.24. The molecule has 2 aromatic carbocycles. The fourth-order valence-electron chi connectivity index (χ4n) is 2.88. The minimum Gasteiger partial charge on any atom is -0.348 e. The second kappa shape index (κ2) is 7.06. The number of nitrogens with zero attached hydrogens (tertiary/aromatic N) is 3. The van der Waals surface area contributed by atoms with Gasteiger partial charge in [0.25, 0.3) is 5.91 Å². The van der Waals surface area contributed by atoms with Crippen molar-refractivity contribution < 1.29 is 4.79 Å². The molecule has 0 saturated heterocycles. The van der Waals surface area contributed by atoms with Gasteiger partial charge in [0, 0.05) is 36.9 Å². The minimum absolute atomic E-state index is 0.141. The summed E-state index contributed by atoms with van der Waals surface area (Å²) in [4.78, 5) is 24.1. The van der Waals surface area contributed by atoms with Crippen LogP contribution in [0.3, 0.4) is 0 Å². The molecule has 0 spiro atoms. The molecule has 6 heteroatoms. The summed E-state index contributed by atoms with van der Waals surface area (Å²) >= 11 is 0. The van der Waals surface area contributed by atoms with Crippen LogP contribution >= 0.6 is 0 Å². The highest BCUT2D eigenvalue weighted by Gasteiger charge is 2.14. The molecule has 0 radical (unpaired) electrons. The number of para-hydroxylation sites is 1. The molecule has 0 aliphatic carbocycles. The number of carbonyl (C=O) groups is 1. The Balaban J connectivity index is 1.56. The molecule has 0 bridgehead atoms. The van der Waals surface area contributed by atoms with Crippen LogP contribution in [0.4, 0.5) is 0 Å². The van der Waals surface area contributed by atoms with Gasteiger partial charge < -0.3 is 14.9 Å². The number of hydrogen-bond acceptors (Lipinski definition) is 3. The number of hydrogen-bond donors (Lipinski definition) is 2. The maximum atomic E-state index is 12.8. The van der Waals surface area contributed by atoms with Crippen molar-refractivity contribution in [2.75, 3.05) is 0 Å². The molecule has 0 aliphatic rings. The first-order valence-corrected chi connectivity index (χ1v) is 8.26. The first kappa shape index (κ1) is 15.8. The lowest BCUT2D eigenvalue weighted by Gasteiger charge is -2.12. The van der Waals surface area contributed by atoms with Gasteiger partial charge >= 0.3 is 0 Å². The SMILES string of the molecule is O=C(NCc1ccccc1-n1ccnc1)c1ccccc1-c1ncc[nH]1. The first-order chi connectivity index (χ1) is 12.8. The fourth-order valence-corrected chi connectivity index (χ4v) is 2.88. The fraction of sp³-hybridized carbons (Fsp3) is 0.0500. The Bertz CT molecular complexity index is 1010. The molecule has 4 aromatic rings. The number of rotatable bonds is 5. The van der Waals surface area contributed by atoms with Gasteiger partial charge in [-0.3, -0.25) is 4.79 Å². The third-order valence-corrected chi connectivity index (χ3v) is 4.14. The Labute approximate surface area is 150 Å². The normalized spacial score (nSPS) is 10.6. The van der Waals surface area contributed by atoms with E-state index in [1.54, 1.807) is 31.0 Å². The van der Waals surface area contributed by atoms with Gasteiger partial charge in [-0.25, -0.2) is 9.97 Å². The molecule has 6 nitrogen and oxygen atoms in total. The summed E-state index contributed by atoms with van der Waals surface area (Å²) < 4.78 is 1.93. The summed E-state index contributed by atoms with van der Waals surface area (Å²) in [6.45, 7) is 0.416. The lowest BCUT2D eigenvalue weighted by atomic mass is 10.1. The van der Waals surface area contributed by atoms with Crippen LogP contribution in [-0.4, -0.2) is 25.4 Å². The Kier molecular flexibility index (Phi) is 4.30. The van der Waals surface area contributed by atoms with E-state index in [0.717, 1.165) is 16.8 Å². The molecule has 0 aliphatic heterocycles. The molecule has 0 atom stereocenters. The van der Waals surface area contributed by atoms with Gasteiger partial charge in [0.15, 0.2) is 0 Å². The van der Waals surface area contributed by atoms with E-state index in [9.17, 15) is 4.79 Å². The quantitative estimate of drug-likeness (QED) is 0.584. The van der Waals surface area contributed by atoms with Crippen molar-refractivity contribution in [3.8, 4) is 17.1 Å². The average molecular weight is 343 g/mol. The van der Waals surface area contributed by atoms with Crippen LogP contribution < -0.4 is 5.32 Å². The van der Waals surface area contributed by atoms with Crippen molar-refractivity contribution in [1.29, 1.82) is 0 Å². The first-order valence-electron chi connectivity index (χ1n) is 8.26. The lowest BCUT2D eigenvalue weighted by molar-refractivity contribution is 0.0951. The zero-order valence-electron chi connectivity index (χ0n) is 14.0. The van der Waals surface area contributed by atoms with Gasteiger partial charge in [0.1, 0.15) is 5.82 Å². The number of imidazole rings is 2. The summed E-state index contributed by atoms with van der Waals surface area (Å²) in [5, 5.41) is 3.01. The largest absolute Gasteiger partial charge is 0.348 e. The third kappa shape index (κ3) is 3.12. The molecule has 0 saturated carbocycles. The molecule has 0 fully saturated rings. The molecule has 0 unspecified atom stereocenters. The van der Waals surface area contributed by atoms with Gasteiger partial charge in [-0.2, -0.15) is 0 Å². The Hall–Kier alpha value is -3.67. The smallest absolute Gasteiger partial charge is 0.252 e. The van der Waals surface area contributed by atoms with Crippen LogP contribution in [0.25, 0.3) is 17.1 Å². The average Bonchev–Trinajstić information content (AvgIpc) is 3.40. The van der Waals surface area contributed by atoms with E-state index in [2.05, 4.69) is 20.3 Å². The highest BCUT2D eigenvalue weighted by Crippen LogP contribution is 2.20. The Morgan fingerprint density at radius 1 is 1.08 bits per heavy atom. The predicted molar refractivity (Wildman–Crippen MR) is 98.8 cm³/mol. The number of carbonyl (C=O) groups excluding carboxylic acids is 1. The molecule has 1 amide bonds. The van der Waals surface area contributed by atoms with Gasteiger partial charge in [-0.05, 0) is 17.7 Å². The van der Waals surface area contributed by atoms with Crippen LogP contribution in [0.5, 0.6) is 0 Å². The molecule has 2 aromatic heterocycles. The van der Waals surface area contributed by atoms with Crippen molar-refractivity contribution in [3.63, 3.8) is 0 Å². The van der Waals surface area contributed by atoms with Crippen molar-refractivity contribution in [2.45, 2.75) is 6.54 Å². The van der Waals surface area contributed by atoms with Crippen LogP contribution in [0.1, 0.15) is 15.9 Å². The van der Waals surface area contributed by atoms with E-state index in [1.807, 2.05) is 53.2 Å². The van der Waals surface area contributed by atoms with E-state index >= 15 is 0 Å². The van der Waals surface area contributed by atoms with Gasteiger partial charge in [-0.1, -0.05) is 36.4 Å². The van der Waals surface area contributed by atoms with Crippen LogP contribution in [-0.2, 0) is 6.54 Å². The van der Waals surface area contributed by atoms with Gasteiger partial charge in [0.05, 0.1) is 17.6 Å². The molecule has 2 heterocycles. The van der Waals surface area contributed by atoms with E-state index in [0.29, 0.717) is 17.9 Å². The zero-order valence-corrected chi connectivity index (χ0v) is 14.0. The maximum Gasteiger partial charge on any atom is 0.252 e. The van der Waals surface area contributed by atoms with E-state index in [4.69, 9.17) is 0 Å². The molecular weight excluding hydrogens is 326 g/mol. The summed E-state index contributed by atoms with van der Waals surface area (Å²) in [5.74, 6) is 0.534. The highest BCUT2D eigenvalue weighted by atomic mass is 16.1. The predicted octanol–water partition coefficient (Wildman–Crippen LogP) is 3.19. The molecule has 2 N–H and O–H groups in total. The van der Waals surface area contributed by atoms with Gasteiger partial charge in [-0.15, -0.1) is 0 Å². The summed E-state index contributed by atoms with van der Waals surface area (Å²) in [7, 11) is 0. The zero-order chi connectivity index (χ0) is 17.8. The maximum absolute atomic E-state index is 12.8. The number of aromatic nitrogens is 4. The van der Waals surface area contributed by atoms with E-state index in [-0.39, 0.29) is 5.91 Å².